The first-order chi connectivity index (χ1) is 8.11. The first kappa shape index (κ1) is 12.1. The van der Waals surface area contributed by atoms with Gasteiger partial charge in [0.1, 0.15) is 0 Å². The van der Waals surface area contributed by atoms with Crippen molar-refractivity contribution < 1.29 is 0 Å². The van der Waals surface area contributed by atoms with Crippen LogP contribution < -0.4 is 11.1 Å². The van der Waals surface area contributed by atoms with E-state index in [2.05, 4.69) is 48.8 Å². The van der Waals surface area contributed by atoms with Crippen LogP contribution in [0.1, 0.15) is 36.9 Å². The second-order valence-corrected chi connectivity index (χ2v) is 5.13. The molecule has 1 aliphatic rings. The first-order valence-corrected chi connectivity index (χ1v) is 6.09. The number of rotatable bonds is 2. The van der Waals surface area contributed by atoms with Gasteiger partial charge in [0.05, 0.1) is 0 Å². The highest BCUT2D eigenvalue weighted by molar-refractivity contribution is 5.49. The van der Waals surface area contributed by atoms with Crippen LogP contribution in [-0.4, -0.2) is 12.1 Å². The maximum atomic E-state index is 6.23. The summed E-state index contributed by atoms with van der Waals surface area (Å²) in [6, 6.07) is 8.82. The third-order valence-corrected chi connectivity index (χ3v) is 3.34. The van der Waals surface area contributed by atoms with Gasteiger partial charge in [-0.3, -0.25) is 0 Å². The highest BCUT2D eigenvalue weighted by atomic mass is 15.0. The fourth-order valence-electron chi connectivity index (χ4n) is 2.39. The van der Waals surface area contributed by atoms with Crippen LogP contribution in [-0.2, 0) is 0 Å². The summed E-state index contributed by atoms with van der Waals surface area (Å²) in [6.45, 7) is 6.72. The van der Waals surface area contributed by atoms with Crippen LogP contribution in [0.25, 0.3) is 6.08 Å². The molecule has 1 saturated heterocycles. The van der Waals surface area contributed by atoms with Crippen LogP contribution in [0.15, 0.2) is 36.6 Å². The largest absolute Gasteiger partial charge is 0.325 e. The molecule has 2 atom stereocenters. The summed E-state index contributed by atoms with van der Waals surface area (Å²) < 4.78 is 0. The summed E-state index contributed by atoms with van der Waals surface area (Å²) in [5.41, 5.74) is 11.4. The maximum Gasteiger partial charge on any atom is 0.0337 e. The van der Waals surface area contributed by atoms with E-state index in [4.69, 9.17) is 5.73 Å². The lowest BCUT2D eigenvalue weighted by atomic mass is 9.84. The van der Waals surface area contributed by atoms with Crippen LogP contribution in [0.4, 0.5) is 0 Å². The molecular formula is C15H20N2. The molecule has 0 radical (unpaired) electrons. The van der Waals surface area contributed by atoms with Gasteiger partial charge in [-0.15, -0.1) is 5.73 Å². The van der Waals surface area contributed by atoms with Gasteiger partial charge in [0.25, 0.3) is 0 Å². The molecule has 2 rings (SSSR count). The van der Waals surface area contributed by atoms with Gasteiger partial charge >= 0.3 is 0 Å². The minimum Gasteiger partial charge on any atom is -0.325 e. The van der Waals surface area contributed by atoms with Crippen molar-refractivity contribution in [2.45, 2.75) is 31.3 Å². The van der Waals surface area contributed by atoms with Gasteiger partial charge in [-0.25, -0.2) is 0 Å². The van der Waals surface area contributed by atoms with Crippen LogP contribution in [0, 0.1) is 0 Å². The Hall–Kier alpha value is -1.34. The number of nitrogens with one attached hydrogen (secondary N) is 1. The zero-order valence-corrected chi connectivity index (χ0v) is 10.4. The molecule has 90 valence electrons. The van der Waals surface area contributed by atoms with Crippen molar-refractivity contribution in [1.82, 2.24) is 5.32 Å². The molecule has 0 bridgehead atoms. The number of piperidine rings is 1. The molecule has 2 nitrogen and oxygen atoms in total. The molecule has 2 heteroatoms. The number of hydrogen-bond donors (Lipinski definition) is 2. The minimum atomic E-state index is -0.0554. The van der Waals surface area contributed by atoms with Crippen LogP contribution in [0.2, 0.25) is 0 Å². The molecular weight excluding hydrogens is 208 g/mol. The van der Waals surface area contributed by atoms with Crippen molar-refractivity contribution in [2.24, 2.45) is 5.73 Å². The monoisotopic (exact) mass is 228 g/mol. The lowest BCUT2D eigenvalue weighted by Gasteiger charge is -2.36. The normalized spacial score (nSPS) is 28.5. The molecule has 1 heterocycles. The van der Waals surface area contributed by atoms with Gasteiger partial charge < -0.3 is 11.1 Å². The molecule has 1 aliphatic heterocycles. The zero-order valence-electron chi connectivity index (χ0n) is 10.4. The second-order valence-electron chi connectivity index (χ2n) is 5.13. The zero-order chi connectivity index (χ0) is 12.3. The topological polar surface area (TPSA) is 38.0 Å². The molecule has 1 aromatic rings. The van der Waals surface area contributed by atoms with Gasteiger partial charge in [0.15, 0.2) is 0 Å². The lowest BCUT2D eigenvalue weighted by Crippen LogP contribution is -2.47. The minimum absolute atomic E-state index is 0.0554. The number of hydrogen-bond acceptors (Lipinski definition) is 2. The Morgan fingerprint density at radius 2 is 2.41 bits per heavy atom. The Labute approximate surface area is 103 Å². The van der Waals surface area contributed by atoms with Crippen molar-refractivity contribution >= 4 is 6.08 Å². The van der Waals surface area contributed by atoms with Crippen molar-refractivity contribution in [3.05, 3.63) is 47.7 Å². The molecule has 0 aromatic heterocycles. The smallest absolute Gasteiger partial charge is 0.0337 e. The SMILES string of the molecule is C=C=Cc1cccc(C2C[C@@](C)(N)CCN2)c1. The summed E-state index contributed by atoms with van der Waals surface area (Å²) in [5, 5.41) is 3.53. The Morgan fingerprint density at radius 3 is 3.12 bits per heavy atom. The van der Waals surface area contributed by atoms with E-state index in [1.807, 2.05) is 6.08 Å². The first-order valence-electron chi connectivity index (χ1n) is 6.09. The summed E-state index contributed by atoms with van der Waals surface area (Å²) in [5.74, 6) is 0. The van der Waals surface area contributed by atoms with E-state index in [1.165, 1.54) is 5.56 Å². The quantitative estimate of drug-likeness (QED) is 0.764. The number of nitrogens with two attached hydrogens (primary N) is 1. The highest BCUT2D eigenvalue weighted by Crippen LogP contribution is 2.28. The van der Waals surface area contributed by atoms with E-state index in [0.717, 1.165) is 24.9 Å². The van der Waals surface area contributed by atoms with Gasteiger partial charge in [-0.05, 0) is 49.6 Å². The van der Waals surface area contributed by atoms with Crippen LogP contribution in [0.5, 0.6) is 0 Å². The number of benzene rings is 1. The molecule has 1 unspecified atom stereocenters. The predicted molar refractivity (Wildman–Crippen MR) is 72.6 cm³/mol. The van der Waals surface area contributed by atoms with E-state index >= 15 is 0 Å². The lowest BCUT2D eigenvalue weighted by molar-refractivity contribution is 0.277. The molecule has 3 N–H and O–H groups in total. The fraction of sp³-hybridized carbons (Fsp3) is 0.400. The van der Waals surface area contributed by atoms with E-state index in [-0.39, 0.29) is 5.54 Å². The Balaban J connectivity index is 2.21. The van der Waals surface area contributed by atoms with Gasteiger partial charge in [-0.2, -0.15) is 0 Å². The molecule has 0 amide bonds. The second kappa shape index (κ2) is 4.89. The summed E-state index contributed by atoms with van der Waals surface area (Å²) in [6.07, 6.45) is 3.91. The van der Waals surface area contributed by atoms with Gasteiger partial charge in [0.2, 0.25) is 0 Å². The van der Waals surface area contributed by atoms with Crippen LogP contribution >= 0.6 is 0 Å². The van der Waals surface area contributed by atoms with Crippen molar-refractivity contribution in [1.29, 1.82) is 0 Å². The van der Waals surface area contributed by atoms with E-state index in [1.54, 1.807) is 0 Å². The van der Waals surface area contributed by atoms with Crippen molar-refractivity contribution in [3.63, 3.8) is 0 Å². The highest BCUT2D eigenvalue weighted by Gasteiger charge is 2.28. The fourth-order valence-corrected chi connectivity index (χ4v) is 2.39. The maximum absolute atomic E-state index is 6.23. The van der Waals surface area contributed by atoms with Gasteiger partial charge in [0, 0.05) is 11.6 Å². The molecule has 0 saturated carbocycles. The summed E-state index contributed by atoms with van der Waals surface area (Å²) in [4.78, 5) is 0. The average Bonchev–Trinajstić information content (AvgIpc) is 2.28. The summed E-state index contributed by atoms with van der Waals surface area (Å²) in [7, 11) is 0. The molecule has 17 heavy (non-hydrogen) atoms. The molecule has 0 spiro atoms. The average molecular weight is 228 g/mol. The molecule has 0 aliphatic carbocycles. The van der Waals surface area contributed by atoms with Crippen molar-refractivity contribution in [2.75, 3.05) is 6.54 Å². The van der Waals surface area contributed by atoms with Crippen molar-refractivity contribution in [3.8, 4) is 0 Å². The summed E-state index contributed by atoms with van der Waals surface area (Å²) >= 11 is 0. The van der Waals surface area contributed by atoms with Crippen LogP contribution in [0.3, 0.4) is 0 Å². The Morgan fingerprint density at radius 1 is 1.59 bits per heavy atom. The Bertz CT molecular complexity index is 442. The predicted octanol–water partition coefficient (Wildman–Crippen LogP) is 2.63. The van der Waals surface area contributed by atoms with Gasteiger partial charge in [-0.1, -0.05) is 24.8 Å². The standard InChI is InChI=1S/C15H20N2/c1-3-5-12-6-4-7-13(10-12)14-11-15(2,16)8-9-17-14/h4-7,10,14,17H,1,8-9,11,16H2,2H3/t14?,15-/m0/s1. The van der Waals surface area contributed by atoms with E-state index in [9.17, 15) is 0 Å². The Kier molecular flexibility index (Phi) is 3.49. The molecule has 1 aromatic carbocycles. The third kappa shape index (κ3) is 3.07. The van der Waals surface area contributed by atoms with E-state index in [0.29, 0.717) is 6.04 Å². The van der Waals surface area contributed by atoms with E-state index < -0.39 is 0 Å². The third-order valence-electron chi connectivity index (χ3n) is 3.34. The molecule has 1 fully saturated rings.